The van der Waals surface area contributed by atoms with Crippen LogP contribution in [0.3, 0.4) is 0 Å². The number of hydrogen-bond acceptors (Lipinski definition) is 7. The number of rotatable bonds is 10. The molecule has 2 N–H and O–H groups in total. The van der Waals surface area contributed by atoms with Crippen LogP contribution < -0.4 is 0 Å². The van der Waals surface area contributed by atoms with Crippen molar-refractivity contribution in [1.82, 2.24) is 9.80 Å². The second kappa shape index (κ2) is 17.7. The lowest BCUT2D eigenvalue weighted by Gasteiger charge is -2.33. The number of hydrogen-bond donors (Lipinski definition) is 2. The number of methoxy groups -OCH3 is 1. The Morgan fingerprint density at radius 3 is 1.41 bits per heavy atom. The van der Waals surface area contributed by atoms with E-state index in [1.165, 1.54) is 9.80 Å². The van der Waals surface area contributed by atoms with Gasteiger partial charge in [-0.3, -0.25) is 29.0 Å². The molecule has 0 aromatic heterocycles. The fourth-order valence-corrected chi connectivity index (χ4v) is 8.96. The lowest BCUT2D eigenvalue weighted by Crippen LogP contribution is -2.46. The van der Waals surface area contributed by atoms with E-state index in [-0.39, 0.29) is 48.9 Å². The van der Waals surface area contributed by atoms with E-state index in [1.54, 1.807) is 31.4 Å². The summed E-state index contributed by atoms with van der Waals surface area (Å²) in [6, 6.07) is 19.9. The van der Waals surface area contributed by atoms with Crippen LogP contribution in [0.4, 0.5) is 0 Å². The monoisotopic (exact) mass is 824 g/mol. The van der Waals surface area contributed by atoms with Crippen molar-refractivity contribution in [2.24, 2.45) is 11.8 Å². The number of aliphatic hydroxyl groups is 2. The molecule has 0 saturated heterocycles. The predicted octanol–water partition coefficient (Wildman–Crippen LogP) is 9.95. The molecule has 58 heavy (non-hydrogen) atoms. The van der Waals surface area contributed by atoms with Gasteiger partial charge in [-0.2, -0.15) is 0 Å². The number of ether oxygens (including phenoxy) is 1. The maximum atomic E-state index is 13.9. The van der Waals surface area contributed by atoms with Gasteiger partial charge in [-0.15, -0.1) is 0 Å². The lowest BCUT2D eigenvalue weighted by atomic mass is 9.82. The first-order chi connectivity index (χ1) is 27.6. The Kier molecular flexibility index (Phi) is 13.1. The van der Waals surface area contributed by atoms with Crippen LogP contribution in [0, 0.1) is 11.8 Å². The Labute approximate surface area is 348 Å². The number of halogens is 2. The number of amides is 4. The average Bonchev–Trinajstić information content (AvgIpc) is 3.16. The van der Waals surface area contributed by atoms with Crippen molar-refractivity contribution in [2.75, 3.05) is 26.9 Å². The van der Waals surface area contributed by atoms with E-state index in [9.17, 15) is 19.2 Å². The molecule has 304 valence electrons. The zero-order valence-electron chi connectivity index (χ0n) is 34.0. The summed E-state index contributed by atoms with van der Waals surface area (Å²) in [6.45, 7) is 12.9. The van der Waals surface area contributed by atoms with Crippen molar-refractivity contribution in [1.29, 1.82) is 0 Å². The first-order valence-corrected chi connectivity index (χ1v) is 20.5. The quantitative estimate of drug-likeness (QED) is 0.0801. The number of imide groups is 2. The van der Waals surface area contributed by atoms with Crippen LogP contribution in [0.25, 0.3) is 43.1 Å². The molecule has 11 heteroatoms. The second-order valence-electron chi connectivity index (χ2n) is 16.0. The van der Waals surface area contributed by atoms with Crippen molar-refractivity contribution < 1.29 is 34.1 Å². The van der Waals surface area contributed by atoms with Crippen LogP contribution in [0.2, 0.25) is 10.0 Å². The van der Waals surface area contributed by atoms with Gasteiger partial charge in [0, 0.05) is 62.8 Å². The highest BCUT2D eigenvalue weighted by molar-refractivity contribution is 6.41. The molecular formula is C47H50Cl2N2O7. The van der Waals surface area contributed by atoms with Gasteiger partial charge < -0.3 is 14.9 Å². The normalized spacial score (nSPS) is 14.8. The maximum absolute atomic E-state index is 13.9. The molecule has 0 fully saturated rings. The van der Waals surface area contributed by atoms with E-state index in [0.29, 0.717) is 67.9 Å². The van der Waals surface area contributed by atoms with E-state index in [1.807, 2.05) is 56.3 Å². The van der Waals surface area contributed by atoms with Crippen molar-refractivity contribution in [3.63, 3.8) is 0 Å². The fraction of sp³-hybridized carbons (Fsp3) is 0.362. The zero-order valence-corrected chi connectivity index (χ0v) is 35.5. The minimum absolute atomic E-state index is 0.122. The van der Waals surface area contributed by atoms with Crippen molar-refractivity contribution in [2.45, 2.75) is 73.0 Å². The highest BCUT2D eigenvalue weighted by atomic mass is 35.5. The zero-order chi connectivity index (χ0) is 42.2. The largest absolute Gasteiger partial charge is 0.394 e. The molecule has 8 rings (SSSR count). The van der Waals surface area contributed by atoms with Crippen LogP contribution in [0.1, 0.15) is 101 Å². The molecule has 2 heterocycles. The molecule has 2 aliphatic rings. The average molecular weight is 826 g/mol. The molecule has 0 aliphatic carbocycles. The van der Waals surface area contributed by atoms with E-state index < -0.39 is 0 Å². The SMILES string of the molecule is CC(C)CC(C)N1C(=O)c2ccc3c4ccc5c6c(ccc(c7ccc(c2c37)C1=O)c64)C(=O)N(CCc1ccc(Cl)cc1Cl)C5=O.CC(C)CC(C)O.COCCO. The summed E-state index contributed by atoms with van der Waals surface area (Å²) < 4.78 is 4.44. The van der Waals surface area contributed by atoms with Gasteiger partial charge in [0.1, 0.15) is 0 Å². The first-order valence-electron chi connectivity index (χ1n) is 19.8. The summed E-state index contributed by atoms with van der Waals surface area (Å²) in [5, 5.41) is 24.1. The number of fused-ring (bicyclic) bond motifs is 2. The Morgan fingerprint density at radius 2 is 1.07 bits per heavy atom. The third kappa shape index (κ3) is 8.03. The second-order valence-corrected chi connectivity index (χ2v) is 16.9. The number of aliphatic hydroxyl groups excluding tert-OH is 2. The van der Waals surface area contributed by atoms with E-state index in [2.05, 4.69) is 32.4 Å². The Bertz CT molecular complexity index is 2420. The third-order valence-corrected chi connectivity index (χ3v) is 11.3. The Morgan fingerprint density at radius 1 is 0.621 bits per heavy atom. The van der Waals surface area contributed by atoms with Crippen molar-refractivity contribution in [3.05, 3.63) is 105 Å². The van der Waals surface area contributed by atoms with Crippen LogP contribution in [0.5, 0.6) is 0 Å². The number of carbonyl (C=O) groups is 4. The van der Waals surface area contributed by atoms with Gasteiger partial charge in [0.05, 0.1) is 19.3 Å². The molecule has 2 aliphatic heterocycles. The first kappa shape index (κ1) is 43.0. The van der Waals surface area contributed by atoms with Gasteiger partial charge in [-0.05, 0) is 119 Å². The van der Waals surface area contributed by atoms with Crippen LogP contribution in [-0.4, -0.2) is 82.7 Å². The summed E-state index contributed by atoms with van der Waals surface area (Å²) in [5.41, 5.74) is 2.76. The van der Waals surface area contributed by atoms with Crippen molar-refractivity contribution in [3.8, 4) is 0 Å². The molecule has 0 saturated carbocycles. The molecule has 2 unspecified atom stereocenters. The smallest absolute Gasteiger partial charge is 0.261 e. The molecule has 0 bridgehead atoms. The summed E-state index contributed by atoms with van der Waals surface area (Å²) in [6.07, 6.45) is 1.91. The van der Waals surface area contributed by atoms with Crippen LogP contribution >= 0.6 is 23.2 Å². The molecule has 0 spiro atoms. The van der Waals surface area contributed by atoms with Crippen LogP contribution in [0.15, 0.2) is 66.7 Å². The number of carbonyl (C=O) groups excluding carboxylic acids is 4. The molecular weight excluding hydrogens is 775 g/mol. The van der Waals surface area contributed by atoms with E-state index in [0.717, 1.165) is 50.7 Å². The van der Waals surface area contributed by atoms with Crippen LogP contribution in [-0.2, 0) is 11.2 Å². The number of benzene rings is 6. The molecule has 6 aromatic rings. The molecule has 4 amide bonds. The van der Waals surface area contributed by atoms with Gasteiger partial charge in [-0.25, -0.2) is 0 Å². The standard InChI is InChI=1S/C38H28Cl2N2O4.C6H14O.C3H8O2/c1-18(2)16-19(3)42-37(45)28-12-8-24-22-6-10-26-33-27(36(44)41(35(26)43)15-14-20-4-5-21(39)17-30(20)40)11-7-23(31(22)33)25-9-13-29(38(42)46)34(28)32(24)25;1-5(2)4-6(3)7;1-5-3-2-4/h4-13,17-19H,14-16H2,1-3H3;5-7H,4H2,1-3H3;4H,2-3H2,1H3. The summed E-state index contributed by atoms with van der Waals surface area (Å²) >= 11 is 12.4. The molecule has 6 aromatic carbocycles. The van der Waals surface area contributed by atoms with Gasteiger partial charge in [-0.1, -0.05) is 81.2 Å². The van der Waals surface area contributed by atoms with Gasteiger partial charge in [0.2, 0.25) is 0 Å². The van der Waals surface area contributed by atoms with Gasteiger partial charge >= 0.3 is 0 Å². The summed E-state index contributed by atoms with van der Waals surface area (Å²) in [4.78, 5) is 58.1. The highest BCUT2D eigenvalue weighted by Gasteiger charge is 2.38. The third-order valence-electron chi connectivity index (χ3n) is 10.7. The minimum Gasteiger partial charge on any atom is -0.394 e. The maximum Gasteiger partial charge on any atom is 0.261 e. The van der Waals surface area contributed by atoms with E-state index >= 15 is 0 Å². The van der Waals surface area contributed by atoms with Crippen molar-refractivity contribution >= 4 is 89.9 Å². The Balaban J connectivity index is 0.000000415. The predicted molar refractivity (Wildman–Crippen MR) is 233 cm³/mol. The summed E-state index contributed by atoms with van der Waals surface area (Å²) in [7, 11) is 1.55. The van der Waals surface area contributed by atoms with Gasteiger partial charge in [0.15, 0.2) is 0 Å². The topological polar surface area (TPSA) is 124 Å². The molecule has 0 radical (unpaired) electrons. The molecule has 9 nitrogen and oxygen atoms in total. The minimum atomic E-state index is -0.353. The van der Waals surface area contributed by atoms with Gasteiger partial charge in [0.25, 0.3) is 23.6 Å². The lowest BCUT2D eigenvalue weighted by molar-refractivity contribution is 0.0532. The fourth-order valence-electron chi connectivity index (χ4n) is 8.46. The summed E-state index contributed by atoms with van der Waals surface area (Å²) in [5.74, 6) is -0.301. The number of nitrogens with zero attached hydrogens (tertiary/aromatic N) is 2. The molecule has 2 atom stereocenters. The highest BCUT2D eigenvalue weighted by Crippen LogP contribution is 2.46. The van der Waals surface area contributed by atoms with E-state index in [4.69, 9.17) is 33.4 Å². The Hall–Kier alpha value is -4.64.